The van der Waals surface area contributed by atoms with Gasteiger partial charge in [0.05, 0.1) is 9.71 Å². The van der Waals surface area contributed by atoms with Gasteiger partial charge < -0.3 is 0 Å². The van der Waals surface area contributed by atoms with Gasteiger partial charge in [0.25, 0.3) is 0 Å². The Morgan fingerprint density at radius 1 is 1.23 bits per heavy atom. The lowest BCUT2D eigenvalue weighted by molar-refractivity contribution is -0.141. The number of hydrogen-bond acceptors (Lipinski definition) is 3. The van der Waals surface area contributed by atoms with Gasteiger partial charge in [-0.15, -0.1) is 0 Å². The molecule has 0 spiro atoms. The van der Waals surface area contributed by atoms with E-state index in [0.717, 1.165) is 12.3 Å². The third-order valence-corrected chi connectivity index (χ3v) is 4.99. The summed E-state index contributed by atoms with van der Waals surface area (Å²) in [6, 6.07) is 2.01. The minimum atomic E-state index is -4.53. The Morgan fingerprint density at radius 2 is 1.77 bits per heavy atom. The average molecular weight is 336 g/mol. The first-order valence-corrected chi connectivity index (χ1v) is 8.40. The van der Waals surface area contributed by atoms with Crippen LogP contribution in [-0.2, 0) is 20.7 Å². The fourth-order valence-corrected chi connectivity index (χ4v) is 2.78. The van der Waals surface area contributed by atoms with Gasteiger partial charge in [-0.1, -0.05) is 26.8 Å². The molecule has 0 saturated heterocycles. The molecule has 1 atom stereocenters. The van der Waals surface area contributed by atoms with E-state index in [0.29, 0.717) is 0 Å². The van der Waals surface area contributed by atoms with Gasteiger partial charge in [0.1, 0.15) is 5.69 Å². The standard InChI is InChI=1S/C14H19F3N2O2S/c1-9(22(5,21)19-12(20)13(2,3)4)10-6-7-11(18-8-10)14(15,16)17/h6-8H,1-5H3,(H,19,20,21). The summed E-state index contributed by atoms with van der Waals surface area (Å²) in [5.74, 6) is -0.403. The van der Waals surface area contributed by atoms with E-state index < -0.39 is 32.9 Å². The van der Waals surface area contributed by atoms with Crippen LogP contribution in [0.25, 0.3) is 0 Å². The second kappa shape index (κ2) is 5.91. The number of halogens is 3. The first kappa shape index (κ1) is 18.5. The maximum atomic E-state index is 12.6. The van der Waals surface area contributed by atoms with Crippen molar-refractivity contribution in [3.05, 3.63) is 29.6 Å². The predicted molar refractivity (Wildman–Crippen MR) is 80.7 cm³/mol. The van der Waals surface area contributed by atoms with Crippen LogP contribution in [0.3, 0.4) is 0 Å². The summed E-state index contributed by atoms with van der Waals surface area (Å²) >= 11 is 0. The van der Waals surface area contributed by atoms with Crippen molar-refractivity contribution in [3.8, 4) is 0 Å². The van der Waals surface area contributed by atoms with Gasteiger partial charge >= 0.3 is 6.18 Å². The van der Waals surface area contributed by atoms with Crippen molar-refractivity contribution >= 4 is 20.5 Å². The summed E-state index contributed by atoms with van der Waals surface area (Å²) in [5, 5.41) is 0. The molecule has 0 aliphatic carbocycles. The number of nitrogens with one attached hydrogen (secondary N) is 1. The number of pyridine rings is 1. The molecule has 0 aliphatic rings. The van der Waals surface area contributed by atoms with E-state index in [1.807, 2.05) is 0 Å². The van der Waals surface area contributed by atoms with Gasteiger partial charge in [-0.05, 0) is 13.0 Å². The lowest BCUT2D eigenvalue weighted by Crippen LogP contribution is -2.40. The molecule has 1 N–H and O–H groups in total. The summed E-state index contributed by atoms with van der Waals surface area (Å²) in [6.45, 7) is 6.52. The fraction of sp³-hybridized carbons (Fsp3) is 0.500. The second-order valence-corrected chi connectivity index (χ2v) is 8.51. The molecule has 0 aliphatic heterocycles. The highest BCUT2D eigenvalue weighted by atomic mass is 32.2. The topological polar surface area (TPSA) is 59.1 Å². The van der Waals surface area contributed by atoms with Crippen LogP contribution in [0.1, 0.15) is 39.0 Å². The fourth-order valence-electron chi connectivity index (χ4n) is 1.40. The van der Waals surface area contributed by atoms with Crippen molar-refractivity contribution in [2.45, 2.75) is 33.9 Å². The van der Waals surface area contributed by atoms with Crippen LogP contribution in [0.2, 0.25) is 0 Å². The largest absolute Gasteiger partial charge is 0.433 e. The molecule has 22 heavy (non-hydrogen) atoms. The molecule has 1 aromatic heterocycles. The Morgan fingerprint density at radius 3 is 2.14 bits per heavy atom. The SMILES string of the molecule is CC(c1ccc(C(F)(F)F)nc1)=S(C)(=O)NC(=O)C(C)(C)C. The van der Waals surface area contributed by atoms with Crippen LogP contribution >= 0.6 is 0 Å². The second-order valence-electron chi connectivity index (χ2n) is 6.01. The van der Waals surface area contributed by atoms with Crippen LogP contribution in [0, 0.1) is 5.41 Å². The number of aromatic nitrogens is 1. The summed E-state index contributed by atoms with van der Waals surface area (Å²) in [5.41, 5.74) is -1.46. The Labute approximate surface area is 128 Å². The Balaban J connectivity index is 3.19. The number of alkyl halides is 3. The molecule has 1 aromatic rings. The zero-order valence-electron chi connectivity index (χ0n) is 13.0. The molecular weight excluding hydrogens is 317 g/mol. The predicted octanol–water partition coefficient (Wildman–Crippen LogP) is 2.63. The van der Waals surface area contributed by atoms with E-state index in [1.165, 1.54) is 19.2 Å². The molecule has 124 valence electrons. The molecule has 8 heteroatoms. The van der Waals surface area contributed by atoms with E-state index in [2.05, 4.69) is 9.71 Å². The molecule has 0 bridgehead atoms. The van der Waals surface area contributed by atoms with Crippen molar-refractivity contribution < 1.29 is 22.2 Å². The van der Waals surface area contributed by atoms with E-state index in [9.17, 15) is 22.2 Å². The normalized spacial score (nSPS) is 15.1. The number of hydrogen-bond donors (Lipinski definition) is 1. The van der Waals surface area contributed by atoms with Crippen LogP contribution < -0.4 is 4.72 Å². The summed E-state index contributed by atoms with van der Waals surface area (Å²) < 4.78 is 52.5. The Hall–Kier alpha value is -1.57. The van der Waals surface area contributed by atoms with Gasteiger partial charge in [-0.25, -0.2) is 4.21 Å². The first-order chi connectivity index (χ1) is 9.75. The number of rotatable bonds is 2. The number of carbonyl (C=O) groups is 1. The van der Waals surface area contributed by atoms with Gasteiger partial charge in [0.15, 0.2) is 0 Å². The summed E-state index contributed by atoms with van der Waals surface area (Å²) in [6.07, 6.45) is -2.19. The third-order valence-electron chi connectivity index (χ3n) is 3.01. The smallest absolute Gasteiger partial charge is 0.282 e. The molecule has 1 rings (SSSR count). The van der Waals surface area contributed by atoms with Crippen molar-refractivity contribution in [1.82, 2.24) is 9.71 Å². The van der Waals surface area contributed by atoms with E-state index in [1.54, 1.807) is 20.8 Å². The Bertz CT molecular complexity index is 680. The van der Waals surface area contributed by atoms with E-state index in [4.69, 9.17) is 0 Å². The van der Waals surface area contributed by atoms with Crippen LogP contribution in [-0.4, -0.2) is 26.2 Å². The van der Waals surface area contributed by atoms with Crippen molar-refractivity contribution in [3.63, 3.8) is 0 Å². The number of nitrogens with zero attached hydrogens (tertiary/aromatic N) is 1. The maximum absolute atomic E-state index is 12.6. The van der Waals surface area contributed by atoms with E-state index in [-0.39, 0.29) is 10.4 Å². The lowest BCUT2D eigenvalue weighted by Gasteiger charge is -2.20. The monoisotopic (exact) mass is 336 g/mol. The molecular formula is C14H19F3N2O2S. The molecule has 0 fully saturated rings. The lowest BCUT2D eigenvalue weighted by atomic mass is 9.96. The van der Waals surface area contributed by atoms with Gasteiger partial charge in [-0.2, -0.15) is 13.2 Å². The highest BCUT2D eigenvalue weighted by Gasteiger charge is 2.32. The first-order valence-electron chi connectivity index (χ1n) is 6.44. The molecule has 4 nitrogen and oxygen atoms in total. The van der Waals surface area contributed by atoms with Crippen molar-refractivity contribution in [1.29, 1.82) is 0 Å². The quantitative estimate of drug-likeness (QED) is 0.667. The Kier molecular flexibility index (Phi) is 4.96. The van der Waals surface area contributed by atoms with Crippen LogP contribution in [0.15, 0.2) is 18.3 Å². The average Bonchev–Trinajstić information content (AvgIpc) is 2.35. The summed E-state index contributed by atoms with van der Waals surface area (Å²) in [4.78, 5) is 15.5. The van der Waals surface area contributed by atoms with Gasteiger partial charge in [0, 0.05) is 28.3 Å². The van der Waals surface area contributed by atoms with Crippen LogP contribution in [0.5, 0.6) is 0 Å². The zero-order valence-corrected chi connectivity index (χ0v) is 13.9. The van der Waals surface area contributed by atoms with Crippen LogP contribution in [0.4, 0.5) is 13.2 Å². The molecule has 1 unspecified atom stereocenters. The summed E-state index contributed by atoms with van der Waals surface area (Å²) in [7, 11) is -2.90. The van der Waals surface area contributed by atoms with Crippen molar-refractivity contribution in [2.24, 2.45) is 5.41 Å². The molecule has 1 heterocycles. The number of carbonyl (C=O) groups excluding carboxylic acids is 1. The van der Waals surface area contributed by atoms with E-state index >= 15 is 0 Å². The minimum Gasteiger partial charge on any atom is -0.282 e. The highest BCUT2D eigenvalue weighted by molar-refractivity contribution is 8.00. The number of amides is 1. The molecule has 0 saturated carbocycles. The van der Waals surface area contributed by atoms with Crippen molar-refractivity contribution in [2.75, 3.05) is 6.26 Å². The zero-order chi connectivity index (χ0) is 17.3. The third kappa shape index (κ3) is 4.46. The molecule has 1 amide bonds. The highest BCUT2D eigenvalue weighted by Crippen LogP contribution is 2.27. The van der Waals surface area contributed by atoms with Gasteiger partial charge in [0.2, 0.25) is 5.91 Å². The molecule has 0 aromatic carbocycles. The van der Waals surface area contributed by atoms with Gasteiger partial charge in [-0.3, -0.25) is 14.5 Å². The molecule has 0 radical (unpaired) electrons. The maximum Gasteiger partial charge on any atom is 0.433 e. The minimum absolute atomic E-state index is 0.270.